The van der Waals surface area contributed by atoms with Gasteiger partial charge in [0, 0.05) is 43.2 Å². The van der Waals surface area contributed by atoms with Crippen LogP contribution in [0.15, 0.2) is 34.2 Å². The molecule has 1 saturated heterocycles. The molecule has 0 spiro atoms. The Morgan fingerprint density at radius 3 is 2.89 bits per heavy atom. The summed E-state index contributed by atoms with van der Waals surface area (Å²) in [6, 6.07) is 7.04. The molecule has 2 aliphatic heterocycles. The average molecular weight is 400 g/mol. The van der Waals surface area contributed by atoms with Gasteiger partial charge in [0.15, 0.2) is 5.16 Å². The third kappa shape index (κ3) is 3.20. The molecule has 0 N–H and O–H groups in total. The van der Waals surface area contributed by atoms with E-state index >= 15 is 0 Å². The van der Waals surface area contributed by atoms with Gasteiger partial charge in [-0.25, -0.2) is 9.37 Å². The minimum atomic E-state index is -0.161. The van der Waals surface area contributed by atoms with Gasteiger partial charge in [-0.1, -0.05) is 23.9 Å². The van der Waals surface area contributed by atoms with Crippen LogP contribution in [0.25, 0.3) is 0 Å². The van der Waals surface area contributed by atoms with Crippen molar-refractivity contribution < 1.29 is 4.39 Å². The molecule has 0 radical (unpaired) electrons. The average Bonchev–Trinajstić information content (AvgIpc) is 2.99. The van der Waals surface area contributed by atoms with Crippen LogP contribution in [-0.4, -0.2) is 39.8 Å². The van der Waals surface area contributed by atoms with E-state index in [1.54, 1.807) is 23.9 Å². The third-order valence-electron chi connectivity index (χ3n) is 6.81. The molecule has 2 aromatic rings. The predicted octanol–water partition coefficient (Wildman–Crippen LogP) is 3.46. The first-order chi connectivity index (χ1) is 13.6. The molecule has 6 heteroatoms. The van der Waals surface area contributed by atoms with E-state index in [1.165, 1.54) is 12.0 Å². The molecule has 3 unspecified atom stereocenters. The molecule has 0 bridgehead atoms. The van der Waals surface area contributed by atoms with E-state index in [4.69, 9.17) is 4.98 Å². The number of likely N-dealkylation sites (tertiary alicyclic amines) is 1. The molecule has 3 aliphatic rings. The number of aryl methyl sites for hydroxylation is 1. The topological polar surface area (TPSA) is 38.1 Å². The molecule has 3 heterocycles. The lowest BCUT2D eigenvalue weighted by atomic mass is 9.64. The van der Waals surface area contributed by atoms with E-state index in [0.29, 0.717) is 11.8 Å². The lowest BCUT2D eigenvalue weighted by molar-refractivity contribution is 0.191. The standard InChI is InChI=1S/C22H26FN3OS/c1-14-18(21(27)26-8-2-10-28-22(26)24-14)7-9-25-12-16-11-19(20(16)13-25)15-3-5-17(23)6-4-15/h3-6,16,19-20H,2,7-13H2,1H3. The normalized spacial score (nSPS) is 26.6. The monoisotopic (exact) mass is 399 g/mol. The van der Waals surface area contributed by atoms with Crippen LogP contribution in [0.3, 0.4) is 0 Å². The molecule has 148 valence electrons. The molecule has 4 nitrogen and oxygen atoms in total. The predicted molar refractivity (Wildman–Crippen MR) is 109 cm³/mol. The minimum absolute atomic E-state index is 0.161. The fourth-order valence-corrected chi connectivity index (χ4v) is 6.19. The maximum Gasteiger partial charge on any atom is 0.257 e. The van der Waals surface area contributed by atoms with Crippen LogP contribution in [0.5, 0.6) is 0 Å². The fraction of sp³-hybridized carbons (Fsp3) is 0.545. The first-order valence-corrected chi connectivity index (χ1v) is 11.3. The Bertz CT molecular complexity index is 942. The molecule has 3 atom stereocenters. The van der Waals surface area contributed by atoms with Crippen LogP contribution >= 0.6 is 11.8 Å². The van der Waals surface area contributed by atoms with Crippen molar-refractivity contribution in [2.45, 2.75) is 43.8 Å². The van der Waals surface area contributed by atoms with Crippen molar-refractivity contribution in [3.8, 4) is 0 Å². The van der Waals surface area contributed by atoms with Crippen molar-refractivity contribution in [1.29, 1.82) is 0 Å². The zero-order valence-corrected chi connectivity index (χ0v) is 17.1. The van der Waals surface area contributed by atoms with E-state index in [9.17, 15) is 9.18 Å². The minimum Gasteiger partial charge on any atom is -0.302 e. The Morgan fingerprint density at radius 1 is 1.25 bits per heavy atom. The lowest BCUT2D eigenvalue weighted by Crippen LogP contribution is -2.33. The molecule has 28 heavy (non-hydrogen) atoms. The number of rotatable bonds is 4. The van der Waals surface area contributed by atoms with Crippen LogP contribution in [0.2, 0.25) is 0 Å². The first-order valence-electron chi connectivity index (χ1n) is 10.3. The summed E-state index contributed by atoms with van der Waals surface area (Å²) in [7, 11) is 0. The second kappa shape index (κ2) is 7.30. The molecule has 5 rings (SSSR count). The fourth-order valence-electron chi connectivity index (χ4n) is 5.20. The van der Waals surface area contributed by atoms with Gasteiger partial charge < -0.3 is 4.90 Å². The molecule has 1 aliphatic carbocycles. The van der Waals surface area contributed by atoms with Crippen molar-refractivity contribution in [2.75, 3.05) is 25.4 Å². The van der Waals surface area contributed by atoms with Crippen molar-refractivity contribution in [3.05, 3.63) is 57.3 Å². The Kier molecular flexibility index (Phi) is 4.79. The van der Waals surface area contributed by atoms with Crippen LogP contribution in [-0.2, 0) is 13.0 Å². The number of hydrogen-bond donors (Lipinski definition) is 0. The highest BCUT2D eigenvalue weighted by atomic mass is 32.2. The summed E-state index contributed by atoms with van der Waals surface area (Å²) in [6.45, 7) is 5.91. The quantitative estimate of drug-likeness (QED) is 0.738. The van der Waals surface area contributed by atoms with Crippen molar-refractivity contribution in [2.24, 2.45) is 11.8 Å². The SMILES string of the molecule is Cc1nc2n(c(=O)c1CCN1CC3CC(c4ccc(F)cc4)C3C1)CCCS2. The number of aromatic nitrogens is 2. The first kappa shape index (κ1) is 18.4. The van der Waals surface area contributed by atoms with Crippen molar-refractivity contribution >= 4 is 11.8 Å². The second-order valence-electron chi connectivity index (χ2n) is 8.44. The summed E-state index contributed by atoms with van der Waals surface area (Å²) in [6.07, 6.45) is 3.03. The summed E-state index contributed by atoms with van der Waals surface area (Å²) in [5.41, 5.74) is 3.23. The summed E-state index contributed by atoms with van der Waals surface area (Å²) in [4.78, 5) is 20.1. The number of halogens is 1. The molecule has 2 fully saturated rings. The van der Waals surface area contributed by atoms with Gasteiger partial charge >= 0.3 is 0 Å². The van der Waals surface area contributed by atoms with Gasteiger partial charge in [0.1, 0.15) is 5.82 Å². The molecule has 1 aromatic carbocycles. The Labute approximate surface area is 169 Å². The van der Waals surface area contributed by atoms with Gasteiger partial charge in [0.2, 0.25) is 0 Å². The lowest BCUT2D eigenvalue weighted by Gasteiger charge is -2.40. The zero-order valence-electron chi connectivity index (χ0n) is 16.2. The highest BCUT2D eigenvalue weighted by Crippen LogP contribution is 2.51. The molecular weight excluding hydrogens is 373 g/mol. The maximum absolute atomic E-state index is 13.2. The Balaban J connectivity index is 1.24. The maximum atomic E-state index is 13.2. The van der Waals surface area contributed by atoms with Gasteiger partial charge in [-0.05, 0) is 61.6 Å². The van der Waals surface area contributed by atoms with Gasteiger partial charge in [0.25, 0.3) is 5.56 Å². The highest BCUT2D eigenvalue weighted by Gasteiger charge is 2.47. The van der Waals surface area contributed by atoms with Crippen LogP contribution in [0, 0.1) is 24.6 Å². The largest absolute Gasteiger partial charge is 0.302 e. The Hall–Kier alpha value is -1.66. The number of thioether (sulfide) groups is 1. The van der Waals surface area contributed by atoms with E-state index in [1.807, 2.05) is 23.6 Å². The smallest absolute Gasteiger partial charge is 0.257 e. The van der Waals surface area contributed by atoms with E-state index in [-0.39, 0.29) is 11.4 Å². The van der Waals surface area contributed by atoms with Crippen LogP contribution in [0.1, 0.15) is 35.6 Å². The van der Waals surface area contributed by atoms with Crippen molar-refractivity contribution in [1.82, 2.24) is 14.5 Å². The van der Waals surface area contributed by atoms with E-state index in [0.717, 1.165) is 67.1 Å². The summed E-state index contributed by atoms with van der Waals surface area (Å²) in [5.74, 6) is 2.87. The number of benzene rings is 1. The summed E-state index contributed by atoms with van der Waals surface area (Å²) < 4.78 is 15.1. The van der Waals surface area contributed by atoms with E-state index < -0.39 is 0 Å². The highest BCUT2D eigenvalue weighted by molar-refractivity contribution is 7.99. The van der Waals surface area contributed by atoms with Gasteiger partial charge in [-0.15, -0.1) is 0 Å². The van der Waals surface area contributed by atoms with Crippen molar-refractivity contribution in [3.63, 3.8) is 0 Å². The molecular formula is C22H26FN3OS. The zero-order chi connectivity index (χ0) is 19.3. The second-order valence-corrected chi connectivity index (χ2v) is 9.51. The van der Waals surface area contributed by atoms with E-state index in [2.05, 4.69) is 4.90 Å². The third-order valence-corrected chi connectivity index (χ3v) is 7.87. The summed E-state index contributed by atoms with van der Waals surface area (Å²) in [5, 5.41) is 0.888. The number of fused-ring (bicyclic) bond motifs is 2. The number of hydrogen-bond acceptors (Lipinski definition) is 4. The Morgan fingerprint density at radius 2 is 2.07 bits per heavy atom. The van der Waals surface area contributed by atoms with Gasteiger partial charge in [-0.3, -0.25) is 9.36 Å². The van der Waals surface area contributed by atoms with Gasteiger partial charge in [-0.2, -0.15) is 0 Å². The number of nitrogens with zero attached hydrogens (tertiary/aromatic N) is 3. The van der Waals surface area contributed by atoms with Gasteiger partial charge in [0.05, 0.1) is 0 Å². The van der Waals surface area contributed by atoms with Crippen LogP contribution in [0.4, 0.5) is 4.39 Å². The molecule has 1 saturated carbocycles. The molecule has 1 aromatic heterocycles. The molecule has 0 amide bonds. The van der Waals surface area contributed by atoms with Crippen LogP contribution < -0.4 is 5.56 Å². The summed E-state index contributed by atoms with van der Waals surface area (Å²) >= 11 is 1.69.